The number of carboxylic acids is 1. The van der Waals surface area contributed by atoms with E-state index in [0.717, 1.165) is 35.9 Å². The van der Waals surface area contributed by atoms with Crippen LogP contribution in [0.1, 0.15) is 36.0 Å². The van der Waals surface area contributed by atoms with E-state index in [-0.39, 0.29) is 18.2 Å². The van der Waals surface area contributed by atoms with Crippen molar-refractivity contribution in [3.8, 4) is 0 Å². The fraction of sp³-hybridized carbons (Fsp3) is 0.412. The molecule has 0 radical (unpaired) electrons. The molecule has 1 aromatic heterocycles. The van der Waals surface area contributed by atoms with Gasteiger partial charge in [0, 0.05) is 41.7 Å². The maximum atomic E-state index is 12.4. The number of carbonyl (C=O) groups excluding carboxylic acids is 1. The van der Waals surface area contributed by atoms with Gasteiger partial charge in [-0.25, -0.2) is 0 Å². The molecule has 2 aromatic rings. The van der Waals surface area contributed by atoms with Gasteiger partial charge in [0.15, 0.2) is 5.78 Å². The second kappa shape index (κ2) is 6.32. The van der Waals surface area contributed by atoms with Crippen LogP contribution in [0.2, 0.25) is 0 Å². The maximum absolute atomic E-state index is 12.4. The van der Waals surface area contributed by atoms with E-state index in [2.05, 4.69) is 9.88 Å². The number of likely N-dealkylation sites (tertiary alicyclic amines) is 1. The summed E-state index contributed by atoms with van der Waals surface area (Å²) in [7, 11) is 0. The van der Waals surface area contributed by atoms with Crippen molar-refractivity contribution in [2.75, 3.05) is 13.1 Å². The highest BCUT2D eigenvalue weighted by Crippen LogP contribution is 2.22. The Kier molecular flexibility index (Phi) is 4.24. The molecule has 0 amide bonds. The molecule has 22 heavy (non-hydrogen) atoms. The first-order chi connectivity index (χ1) is 10.6. The Balaban J connectivity index is 1.64. The molecule has 0 spiro atoms. The number of H-pyrrole nitrogens is 1. The molecule has 1 aliphatic heterocycles. The SMILES string of the molecule is O=C(O)CC1CCCN1CCC(=O)c1c[nH]c2ccccc12. The van der Waals surface area contributed by atoms with E-state index in [1.165, 1.54) is 0 Å². The molecule has 1 atom stereocenters. The highest BCUT2D eigenvalue weighted by Gasteiger charge is 2.26. The molecule has 2 heterocycles. The number of hydrogen-bond acceptors (Lipinski definition) is 3. The zero-order valence-electron chi connectivity index (χ0n) is 12.4. The van der Waals surface area contributed by atoms with E-state index in [9.17, 15) is 9.59 Å². The number of Topliss-reactive ketones (excluding diaryl/α,β-unsaturated/α-hetero) is 1. The average molecular weight is 300 g/mol. The third-order valence-electron chi connectivity index (χ3n) is 4.43. The minimum absolute atomic E-state index is 0.0771. The molecular formula is C17H20N2O3. The number of aromatic amines is 1. The summed E-state index contributed by atoms with van der Waals surface area (Å²) in [5, 5.41) is 9.89. The van der Waals surface area contributed by atoms with Crippen molar-refractivity contribution >= 4 is 22.7 Å². The summed E-state index contributed by atoms with van der Waals surface area (Å²) < 4.78 is 0. The second-order valence-electron chi connectivity index (χ2n) is 5.85. The largest absolute Gasteiger partial charge is 0.481 e. The van der Waals surface area contributed by atoms with Crippen molar-refractivity contribution in [2.45, 2.75) is 31.7 Å². The molecule has 1 aromatic carbocycles. The first-order valence-corrected chi connectivity index (χ1v) is 7.70. The smallest absolute Gasteiger partial charge is 0.304 e. The van der Waals surface area contributed by atoms with Gasteiger partial charge in [-0.2, -0.15) is 0 Å². The monoisotopic (exact) mass is 300 g/mol. The Bertz CT molecular complexity index is 692. The standard InChI is InChI=1S/C17H20N2O3/c20-16(14-11-18-15-6-2-1-5-13(14)15)7-9-19-8-3-4-12(19)10-17(21)22/h1-2,5-6,11-12,18H,3-4,7-10H2,(H,21,22). The van der Waals surface area contributed by atoms with Crippen LogP contribution in [-0.4, -0.2) is 45.9 Å². The maximum Gasteiger partial charge on any atom is 0.304 e. The predicted octanol–water partition coefficient (Wildman–Crippen LogP) is 2.68. The van der Waals surface area contributed by atoms with Crippen LogP contribution in [0.25, 0.3) is 10.9 Å². The van der Waals surface area contributed by atoms with Gasteiger partial charge in [-0.05, 0) is 25.5 Å². The van der Waals surface area contributed by atoms with Crippen molar-refractivity contribution in [3.63, 3.8) is 0 Å². The van der Waals surface area contributed by atoms with Crippen molar-refractivity contribution in [1.82, 2.24) is 9.88 Å². The van der Waals surface area contributed by atoms with Gasteiger partial charge in [-0.15, -0.1) is 0 Å². The molecule has 3 rings (SSSR count). The first-order valence-electron chi connectivity index (χ1n) is 7.70. The van der Waals surface area contributed by atoms with E-state index in [4.69, 9.17) is 5.11 Å². The van der Waals surface area contributed by atoms with Crippen molar-refractivity contribution in [3.05, 3.63) is 36.0 Å². The molecule has 1 aliphatic rings. The molecule has 116 valence electrons. The molecule has 0 bridgehead atoms. The number of aromatic nitrogens is 1. The lowest BCUT2D eigenvalue weighted by Crippen LogP contribution is -2.33. The van der Waals surface area contributed by atoms with Gasteiger partial charge in [0.2, 0.25) is 0 Å². The Morgan fingerprint density at radius 3 is 2.95 bits per heavy atom. The topological polar surface area (TPSA) is 73.4 Å². The zero-order valence-corrected chi connectivity index (χ0v) is 12.4. The quantitative estimate of drug-likeness (QED) is 0.804. The second-order valence-corrected chi connectivity index (χ2v) is 5.85. The van der Waals surface area contributed by atoms with Crippen molar-refractivity contribution in [2.24, 2.45) is 0 Å². The van der Waals surface area contributed by atoms with E-state index in [0.29, 0.717) is 13.0 Å². The summed E-state index contributed by atoms with van der Waals surface area (Å²) >= 11 is 0. The number of rotatable bonds is 6. The average Bonchev–Trinajstić information content (AvgIpc) is 3.11. The van der Waals surface area contributed by atoms with Crippen LogP contribution >= 0.6 is 0 Å². The lowest BCUT2D eigenvalue weighted by atomic mass is 10.1. The molecule has 0 saturated carbocycles. The van der Waals surface area contributed by atoms with Crippen LogP contribution in [0.15, 0.2) is 30.5 Å². The van der Waals surface area contributed by atoms with Gasteiger partial charge >= 0.3 is 5.97 Å². The number of nitrogens with one attached hydrogen (secondary N) is 1. The number of carbonyl (C=O) groups is 2. The van der Waals surface area contributed by atoms with Gasteiger partial charge in [0.05, 0.1) is 6.42 Å². The third kappa shape index (κ3) is 3.04. The lowest BCUT2D eigenvalue weighted by molar-refractivity contribution is -0.138. The number of para-hydroxylation sites is 1. The molecular weight excluding hydrogens is 280 g/mol. The molecule has 5 heteroatoms. The van der Waals surface area contributed by atoms with E-state index >= 15 is 0 Å². The molecule has 1 fully saturated rings. The minimum atomic E-state index is -0.764. The molecule has 5 nitrogen and oxygen atoms in total. The predicted molar refractivity (Wildman–Crippen MR) is 84.1 cm³/mol. The summed E-state index contributed by atoms with van der Waals surface area (Å²) in [6.07, 6.45) is 4.29. The van der Waals surface area contributed by atoms with Crippen molar-refractivity contribution < 1.29 is 14.7 Å². The number of aliphatic carboxylic acids is 1. The van der Waals surface area contributed by atoms with E-state index in [1.807, 2.05) is 24.3 Å². The van der Waals surface area contributed by atoms with Crippen LogP contribution in [-0.2, 0) is 4.79 Å². The Morgan fingerprint density at radius 1 is 1.32 bits per heavy atom. The lowest BCUT2D eigenvalue weighted by Gasteiger charge is -2.22. The highest BCUT2D eigenvalue weighted by atomic mass is 16.4. The summed E-state index contributed by atoms with van der Waals surface area (Å²) in [5.41, 5.74) is 1.69. The molecule has 1 saturated heterocycles. The van der Waals surface area contributed by atoms with Crippen LogP contribution in [0, 0.1) is 0 Å². The van der Waals surface area contributed by atoms with Gasteiger partial charge in [-0.1, -0.05) is 18.2 Å². The highest BCUT2D eigenvalue weighted by molar-refractivity contribution is 6.07. The zero-order chi connectivity index (χ0) is 15.5. The number of fused-ring (bicyclic) bond motifs is 1. The number of carboxylic acid groups (broad SMARTS) is 1. The van der Waals surface area contributed by atoms with E-state index < -0.39 is 5.97 Å². The summed E-state index contributed by atoms with van der Waals surface area (Å²) in [6, 6.07) is 7.84. The van der Waals surface area contributed by atoms with Gasteiger partial charge in [0.1, 0.15) is 0 Å². The number of hydrogen-bond donors (Lipinski definition) is 2. The van der Waals surface area contributed by atoms with Crippen molar-refractivity contribution in [1.29, 1.82) is 0 Å². The summed E-state index contributed by atoms with van der Waals surface area (Å²) in [6.45, 7) is 1.52. The summed E-state index contributed by atoms with van der Waals surface area (Å²) in [4.78, 5) is 28.6. The van der Waals surface area contributed by atoms with Gasteiger partial charge < -0.3 is 10.1 Å². The van der Waals surface area contributed by atoms with Gasteiger partial charge in [-0.3, -0.25) is 14.5 Å². The summed E-state index contributed by atoms with van der Waals surface area (Å²) in [5.74, 6) is -0.654. The number of ketones is 1. The van der Waals surface area contributed by atoms with Crippen LogP contribution in [0.3, 0.4) is 0 Å². The molecule has 0 aliphatic carbocycles. The van der Waals surface area contributed by atoms with E-state index in [1.54, 1.807) is 6.20 Å². The Morgan fingerprint density at radius 2 is 2.14 bits per heavy atom. The molecule has 2 N–H and O–H groups in total. The Labute approximate surface area is 128 Å². The normalized spacial score (nSPS) is 18.8. The Hall–Kier alpha value is -2.14. The third-order valence-corrected chi connectivity index (χ3v) is 4.43. The van der Waals surface area contributed by atoms with Crippen LogP contribution in [0.5, 0.6) is 0 Å². The fourth-order valence-corrected chi connectivity index (χ4v) is 3.30. The first kappa shape index (κ1) is 14.8. The van der Waals surface area contributed by atoms with Crippen LogP contribution < -0.4 is 0 Å². The van der Waals surface area contributed by atoms with Gasteiger partial charge in [0.25, 0.3) is 0 Å². The van der Waals surface area contributed by atoms with Crippen LogP contribution in [0.4, 0.5) is 0 Å². The fourth-order valence-electron chi connectivity index (χ4n) is 3.30. The molecule has 1 unspecified atom stereocenters. The number of nitrogens with zero attached hydrogens (tertiary/aromatic N) is 1. The minimum Gasteiger partial charge on any atom is -0.481 e. The number of benzene rings is 1.